The molecule has 0 radical (unpaired) electrons. The molecular weight excluding hydrogens is 208 g/mol. The van der Waals surface area contributed by atoms with Crippen LogP contribution in [0.25, 0.3) is 0 Å². The van der Waals surface area contributed by atoms with Gasteiger partial charge in [0.2, 0.25) is 0 Å². The number of rotatable bonds is 6. The lowest BCUT2D eigenvalue weighted by Gasteiger charge is -2.41. The zero-order chi connectivity index (χ0) is 12.8. The second kappa shape index (κ2) is 7.38. The maximum Gasteiger partial charge on any atom is 0.0223 e. The fourth-order valence-corrected chi connectivity index (χ4v) is 2.91. The first kappa shape index (κ1) is 15.0. The Morgan fingerprint density at radius 3 is 2.41 bits per heavy atom. The predicted molar refractivity (Wildman–Crippen MR) is 76.4 cm³/mol. The molecule has 0 amide bonds. The monoisotopic (exact) mass is 240 g/mol. The highest BCUT2D eigenvalue weighted by Gasteiger charge is 2.27. The van der Waals surface area contributed by atoms with Crippen LogP contribution in [0.2, 0.25) is 0 Å². The van der Waals surface area contributed by atoms with E-state index in [1.807, 2.05) is 0 Å². The fourth-order valence-electron chi connectivity index (χ4n) is 2.91. The molecule has 102 valence electrons. The average molecular weight is 240 g/mol. The number of hydrogen-bond acceptors (Lipinski definition) is 2. The van der Waals surface area contributed by atoms with Gasteiger partial charge in [-0.1, -0.05) is 40.5 Å². The van der Waals surface area contributed by atoms with E-state index >= 15 is 0 Å². The predicted octanol–water partition coefficient (Wildman–Crippen LogP) is 3.13. The van der Waals surface area contributed by atoms with Crippen LogP contribution in [0.15, 0.2) is 0 Å². The SMILES string of the molecule is CCC(CC)CN1CC(C)NCC1CC(C)C. The summed E-state index contributed by atoms with van der Waals surface area (Å²) >= 11 is 0. The molecule has 1 heterocycles. The van der Waals surface area contributed by atoms with Crippen LogP contribution in [0.4, 0.5) is 0 Å². The van der Waals surface area contributed by atoms with Crippen molar-refractivity contribution < 1.29 is 0 Å². The van der Waals surface area contributed by atoms with Crippen LogP contribution >= 0.6 is 0 Å². The number of hydrogen-bond donors (Lipinski definition) is 1. The van der Waals surface area contributed by atoms with Crippen LogP contribution in [0.3, 0.4) is 0 Å². The fraction of sp³-hybridized carbons (Fsp3) is 1.00. The number of nitrogens with one attached hydrogen (secondary N) is 1. The van der Waals surface area contributed by atoms with Gasteiger partial charge < -0.3 is 5.32 Å². The van der Waals surface area contributed by atoms with Crippen molar-refractivity contribution in [2.75, 3.05) is 19.6 Å². The van der Waals surface area contributed by atoms with Crippen molar-refractivity contribution in [3.63, 3.8) is 0 Å². The van der Waals surface area contributed by atoms with Gasteiger partial charge in [-0.05, 0) is 25.2 Å². The normalized spacial score (nSPS) is 27.0. The average Bonchev–Trinajstić information content (AvgIpc) is 2.28. The Hall–Kier alpha value is -0.0800. The molecule has 0 aliphatic carbocycles. The smallest absolute Gasteiger partial charge is 0.0223 e. The van der Waals surface area contributed by atoms with E-state index in [-0.39, 0.29) is 0 Å². The minimum Gasteiger partial charge on any atom is -0.311 e. The van der Waals surface area contributed by atoms with Gasteiger partial charge in [0.1, 0.15) is 0 Å². The summed E-state index contributed by atoms with van der Waals surface area (Å²) in [6.07, 6.45) is 3.98. The van der Waals surface area contributed by atoms with E-state index in [4.69, 9.17) is 0 Å². The quantitative estimate of drug-likeness (QED) is 0.767. The highest BCUT2D eigenvalue weighted by Crippen LogP contribution is 2.19. The van der Waals surface area contributed by atoms with E-state index in [1.54, 1.807) is 0 Å². The van der Waals surface area contributed by atoms with E-state index in [2.05, 4.69) is 44.8 Å². The molecule has 0 spiro atoms. The minimum atomic E-state index is 0.660. The highest BCUT2D eigenvalue weighted by atomic mass is 15.2. The first-order valence-electron chi connectivity index (χ1n) is 7.54. The van der Waals surface area contributed by atoms with E-state index < -0.39 is 0 Å². The lowest BCUT2D eigenvalue weighted by Crippen LogP contribution is -2.56. The van der Waals surface area contributed by atoms with Gasteiger partial charge in [0.05, 0.1) is 0 Å². The summed E-state index contributed by atoms with van der Waals surface area (Å²) in [4.78, 5) is 2.75. The molecule has 0 aromatic rings. The molecule has 17 heavy (non-hydrogen) atoms. The third kappa shape index (κ3) is 4.97. The van der Waals surface area contributed by atoms with Gasteiger partial charge in [-0.2, -0.15) is 0 Å². The molecule has 0 saturated carbocycles. The van der Waals surface area contributed by atoms with Crippen LogP contribution in [0.1, 0.15) is 53.9 Å². The maximum atomic E-state index is 3.64. The van der Waals surface area contributed by atoms with Gasteiger partial charge in [0, 0.05) is 31.7 Å². The molecule has 2 unspecified atom stereocenters. The summed E-state index contributed by atoms with van der Waals surface area (Å²) in [6, 6.07) is 1.42. The Bertz CT molecular complexity index is 199. The van der Waals surface area contributed by atoms with E-state index in [1.165, 1.54) is 38.9 Å². The van der Waals surface area contributed by atoms with Gasteiger partial charge in [-0.25, -0.2) is 0 Å². The van der Waals surface area contributed by atoms with E-state index in [0.717, 1.165) is 17.9 Å². The standard InChI is InChI=1S/C15H32N2/c1-6-14(7-2)11-17-10-13(5)16-9-15(17)8-12(3)4/h12-16H,6-11H2,1-5H3. The molecule has 0 aromatic heterocycles. The summed E-state index contributed by atoms with van der Waals surface area (Å²) in [5, 5.41) is 3.64. The Morgan fingerprint density at radius 2 is 1.88 bits per heavy atom. The van der Waals surface area contributed by atoms with E-state index in [9.17, 15) is 0 Å². The third-order valence-electron chi connectivity index (χ3n) is 4.12. The zero-order valence-corrected chi connectivity index (χ0v) is 12.5. The number of nitrogens with zero attached hydrogens (tertiary/aromatic N) is 1. The maximum absolute atomic E-state index is 3.64. The summed E-state index contributed by atoms with van der Waals surface area (Å²) in [7, 11) is 0. The highest BCUT2D eigenvalue weighted by molar-refractivity contribution is 4.85. The van der Waals surface area contributed by atoms with Gasteiger partial charge in [0.25, 0.3) is 0 Å². The summed E-state index contributed by atoms with van der Waals surface area (Å²) < 4.78 is 0. The summed E-state index contributed by atoms with van der Waals surface area (Å²) in [5.41, 5.74) is 0. The van der Waals surface area contributed by atoms with Crippen LogP contribution in [-0.2, 0) is 0 Å². The van der Waals surface area contributed by atoms with Crippen LogP contribution in [0.5, 0.6) is 0 Å². The van der Waals surface area contributed by atoms with Crippen molar-refractivity contribution >= 4 is 0 Å². The van der Waals surface area contributed by atoms with Crippen molar-refractivity contribution in [1.82, 2.24) is 10.2 Å². The van der Waals surface area contributed by atoms with Crippen LogP contribution in [-0.4, -0.2) is 36.6 Å². The molecule has 0 aromatic carbocycles. The Kier molecular flexibility index (Phi) is 6.50. The molecule has 1 rings (SSSR count). The van der Waals surface area contributed by atoms with Crippen molar-refractivity contribution in [2.24, 2.45) is 11.8 Å². The summed E-state index contributed by atoms with van der Waals surface area (Å²) in [6.45, 7) is 15.4. The Morgan fingerprint density at radius 1 is 1.24 bits per heavy atom. The second-order valence-electron chi connectivity index (χ2n) is 6.23. The van der Waals surface area contributed by atoms with Gasteiger partial charge in [-0.3, -0.25) is 4.90 Å². The van der Waals surface area contributed by atoms with Gasteiger partial charge >= 0.3 is 0 Å². The van der Waals surface area contributed by atoms with Gasteiger partial charge in [-0.15, -0.1) is 0 Å². The number of piperazine rings is 1. The third-order valence-corrected chi connectivity index (χ3v) is 4.12. The molecule has 1 aliphatic heterocycles. The molecule has 1 saturated heterocycles. The molecule has 1 N–H and O–H groups in total. The Balaban J connectivity index is 2.54. The molecule has 1 fully saturated rings. The lowest BCUT2D eigenvalue weighted by atomic mass is 9.96. The largest absolute Gasteiger partial charge is 0.311 e. The zero-order valence-electron chi connectivity index (χ0n) is 12.5. The molecule has 2 atom stereocenters. The van der Waals surface area contributed by atoms with Crippen LogP contribution < -0.4 is 5.32 Å². The van der Waals surface area contributed by atoms with Crippen molar-refractivity contribution in [1.29, 1.82) is 0 Å². The van der Waals surface area contributed by atoms with E-state index in [0.29, 0.717) is 6.04 Å². The molecule has 2 heteroatoms. The van der Waals surface area contributed by atoms with Crippen molar-refractivity contribution in [2.45, 2.75) is 66.0 Å². The first-order valence-corrected chi connectivity index (χ1v) is 7.54. The first-order chi connectivity index (χ1) is 8.06. The lowest BCUT2D eigenvalue weighted by molar-refractivity contribution is 0.0978. The van der Waals surface area contributed by atoms with Crippen molar-refractivity contribution in [3.05, 3.63) is 0 Å². The molecule has 2 nitrogen and oxygen atoms in total. The van der Waals surface area contributed by atoms with Crippen molar-refractivity contribution in [3.8, 4) is 0 Å². The second-order valence-corrected chi connectivity index (χ2v) is 6.23. The minimum absolute atomic E-state index is 0.660. The molecule has 1 aliphatic rings. The molecular formula is C15H32N2. The molecule has 0 bridgehead atoms. The van der Waals surface area contributed by atoms with Crippen LogP contribution in [0, 0.1) is 11.8 Å². The Labute approximate surface area is 108 Å². The van der Waals surface area contributed by atoms with Gasteiger partial charge in [0.15, 0.2) is 0 Å². The summed E-state index contributed by atoms with van der Waals surface area (Å²) in [5.74, 6) is 1.69. The topological polar surface area (TPSA) is 15.3 Å².